The summed E-state index contributed by atoms with van der Waals surface area (Å²) in [6.07, 6.45) is 1.68. The summed E-state index contributed by atoms with van der Waals surface area (Å²) in [7, 11) is 0. The lowest BCUT2D eigenvalue weighted by Gasteiger charge is -2.12. The van der Waals surface area contributed by atoms with Crippen LogP contribution >= 0.6 is 0 Å². The number of aliphatic hydroxyl groups excluding tert-OH is 1. The van der Waals surface area contributed by atoms with Crippen molar-refractivity contribution in [1.29, 1.82) is 0 Å². The molecule has 0 fully saturated rings. The Morgan fingerprint density at radius 1 is 1.18 bits per heavy atom. The summed E-state index contributed by atoms with van der Waals surface area (Å²) >= 11 is 0. The van der Waals surface area contributed by atoms with Crippen LogP contribution in [0.15, 0.2) is 42.6 Å². The van der Waals surface area contributed by atoms with Crippen molar-refractivity contribution >= 4 is 0 Å². The largest absolute Gasteiger partial charge is 0.487 e. The van der Waals surface area contributed by atoms with Gasteiger partial charge in [-0.2, -0.15) is 0 Å². The highest BCUT2D eigenvalue weighted by Crippen LogP contribution is 2.22. The van der Waals surface area contributed by atoms with E-state index in [-0.39, 0.29) is 6.61 Å². The number of aliphatic hydroxyl groups is 1. The molecule has 3 nitrogen and oxygen atoms in total. The lowest BCUT2D eigenvalue weighted by atomic mass is 10.2. The Hall–Kier alpha value is -1.87. The molecule has 0 aliphatic heterocycles. The lowest BCUT2D eigenvalue weighted by molar-refractivity contribution is 0.257. The summed E-state index contributed by atoms with van der Waals surface area (Å²) in [6, 6.07) is 11.7. The molecular formula is C14H15NO2. The van der Waals surface area contributed by atoms with Crippen molar-refractivity contribution in [2.75, 3.05) is 0 Å². The second-order valence-electron chi connectivity index (χ2n) is 3.82. The summed E-state index contributed by atoms with van der Waals surface area (Å²) in [6.45, 7) is 2.33. The first-order valence-corrected chi connectivity index (χ1v) is 5.53. The summed E-state index contributed by atoms with van der Waals surface area (Å²) < 4.78 is 5.72. The Bertz CT molecular complexity index is 483. The molecule has 0 spiro atoms. The minimum absolute atomic E-state index is 0.0342. The zero-order chi connectivity index (χ0) is 12.1. The van der Waals surface area contributed by atoms with E-state index in [1.54, 1.807) is 12.3 Å². The molecule has 17 heavy (non-hydrogen) atoms. The van der Waals surface area contributed by atoms with Crippen molar-refractivity contribution in [3.63, 3.8) is 0 Å². The van der Waals surface area contributed by atoms with Gasteiger partial charge in [-0.15, -0.1) is 0 Å². The van der Waals surface area contributed by atoms with Crippen LogP contribution in [0.5, 0.6) is 5.75 Å². The van der Waals surface area contributed by atoms with Crippen molar-refractivity contribution in [3.05, 3.63) is 59.4 Å². The summed E-state index contributed by atoms with van der Waals surface area (Å²) in [5, 5.41) is 9.23. The molecule has 88 valence electrons. The Kier molecular flexibility index (Phi) is 3.73. The summed E-state index contributed by atoms with van der Waals surface area (Å²) in [5.74, 6) is 0.679. The summed E-state index contributed by atoms with van der Waals surface area (Å²) in [4.78, 5) is 4.16. The average Bonchev–Trinajstić information content (AvgIpc) is 2.38. The molecule has 0 aliphatic carbocycles. The third-order valence-electron chi connectivity index (χ3n) is 2.56. The van der Waals surface area contributed by atoms with E-state index >= 15 is 0 Å². The first-order valence-electron chi connectivity index (χ1n) is 5.53. The van der Waals surface area contributed by atoms with Crippen LogP contribution in [0.25, 0.3) is 0 Å². The first-order chi connectivity index (χ1) is 8.31. The molecule has 2 aromatic rings. The van der Waals surface area contributed by atoms with Crippen LogP contribution in [0.4, 0.5) is 0 Å². The minimum atomic E-state index is -0.0342. The fourth-order valence-corrected chi connectivity index (χ4v) is 1.66. The number of aryl methyl sites for hydroxylation is 1. The average molecular weight is 229 g/mol. The Balaban J connectivity index is 2.14. The molecule has 0 aliphatic rings. The molecule has 0 bridgehead atoms. The molecule has 0 amide bonds. The lowest BCUT2D eigenvalue weighted by Crippen LogP contribution is -2.01. The van der Waals surface area contributed by atoms with Gasteiger partial charge in [-0.1, -0.05) is 30.3 Å². The molecule has 1 aromatic carbocycles. The van der Waals surface area contributed by atoms with Gasteiger partial charge in [-0.3, -0.25) is 4.98 Å². The number of hydrogen-bond donors (Lipinski definition) is 1. The van der Waals surface area contributed by atoms with Crippen LogP contribution < -0.4 is 4.74 Å². The number of benzene rings is 1. The van der Waals surface area contributed by atoms with E-state index in [1.807, 2.05) is 37.3 Å². The van der Waals surface area contributed by atoms with E-state index in [4.69, 9.17) is 4.74 Å². The number of rotatable bonds is 4. The molecule has 3 heteroatoms. The van der Waals surface area contributed by atoms with E-state index in [2.05, 4.69) is 4.98 Å². The maximum absolute atomic E-state index is 9.23. The molecule has 0 radical (unpaired) electrons. The third-order valence-corrected chi connectivity index (χ3v) is 2.56. The number of aromatic nitrogens is 1. The molecule has 1 N–H and O–H groups in total. The highest BCUT2D eigenvalue weighted by atomic mass is 16.5. The van der Waals surface area contributed by atoms with E-state index in [1.165, 1.54) is 0 Å². The van der Waals surface area contributed by atoms with Gasteiger partial charge in [0.25, 0.3) is 0 Å². The quantitative estimate of drug-likeness (QED) is 0.875. The smallest absolute Gasteiger partial charge is 0.146 e. The standard InChI is InChI=1S/C14H15NO2/c1-11-14(13(9-16)7-8-15-11)17-10-12-5-3-2-4-6-12/h2-8,16H,9-10H2,1H3. The zero-order valence-corrected chi connectivity index (χ0v) is 9.76. The van der Waals surface area contributed by atoms with E-state index in [0.29, 0.717) is 12.4 Å². The van der Waals surface area contributed by atoms with Crippen LogP contribution in [-0.4, -0.2) is 10.1 Å². The van der Waals surface area contributed by atoms with E-state index in [9.17, 15) is 5.11 Å². The fraction of sp³-hybridized carbons (Fsp3) is 0.214. The maximum Gasteiger partial charge on any atom is 0.146 e. The Morgan fingerprint density at radius 3 is 2.65 bits per heavy atom. The topological polar surface area (TPSA) is 42.4 Å². The van der Waals surface area contributed by atoms with Gasteiger partial charge in [0, 0.05) is 11.8 Å². The molecule has 0 atom stereocenters. The molecular weight excluding hydrogens is 214 g/mol. The minimum Gasteiger partial charge on any atom is -0.487 e. The van der Waals surface area contributed by atoms with Gasteiger partial charge in [0.2, 0.25) is 0 Å². The number of pyridine rings is 1. The van der Waals surface area contributed by atoms with Crippen molar-refractivity contribution in [3.8, 4) is 5.75 Å². The van der Waals surface area contributed by atoms with Crippen molar-refractivity contribution in [2.45, 2.75) is 20.1 Å². The molecule has 0 unspecified atom stereocenters. The van der Waals surface area contributed by atoms with Gasteiger partial charge in [0.05, 0.1) is 12.3 Å². The number of nitrogens with zero attached hydrogens (tertiary/aromatic N) is 1. The van der Waals surface area contributed by atoms with Crippen LogP contribution in [0.3, 0.4) is 0 Å². The monoisotopic (exact) mass is 229 g/mol. The van der Waals surface area contributed by atoms with Gasteiger partial charge >= 0.3 is 0 Å². The molecule has 0 saturated carbocycles. The number of ether oxygens (including phenoxy) is 1. The highest BCUT2D eigenvalue weighted by Gasteiger charge is 2.07. The van der Waals surface area contributed by atoms with Crippen molar-refractivity contribution < 1.29 is 9.84 Å². The van der Waals surface area contributed by atoms with Gasteiger partial charge in [0.1, 0.15) is 12.4 Å². The molecule has 1 aromatic heterocycles. The van der Waals surface area contributed by atoms with E-state index < -0.39 is 0 Å². The van der Waals surface area contributed by atoms with E-state index in [0.717, 1.165) is 16.8 Å². The second kappa shape index (κ2) is 5.46. The summed E-state index contributed by atoms with van der Waals surface area (Å²) in [5.41, 5.74) is 2.67. The SMILES string of the molecule is Cc1nccc(CO)c1OCc1ccccc1. The fourth-order valence-electron chi connectivity index (χ4n) is 1.66. The number of hydrogen-bond acceptors (Lipinski definition) is 3. The normalized spacial score (nSPS) is 10.2. The van der Waals surface area contributed by atoms with Gasteiger partial charge in [-0.25, -0.2) is 0 Å². The highest BCUT2D eigenvalue weighted by molar-refractivity contribution is 5.35. The predicted molar refractivity (Wildman–Crippen MR) is 65.7 cm³/mol. The van der Waals surface area contributed by atoms with Gasteiger partial charge in [-0.05, 0) is 18.6 Å². The third kappa shape index (κ3) is 2.82. The van der Waals surface area contributed by atoms with Crippen molar-refractivity contribution in [1.82, 2.24) is 4.98 Å². The zero-order valence-electron chi connectivity index (χ0n) is 9.76. The van der Waals surface area contributed by atoms with Crippen molar-refractivity contribution in [2.24, 2.45) is 0 Å². The second-order valence-corrected chi connectivity index (χ2v) is 3.82. The van der Waals surface area contributed by atoms with Crippen LogP contribution in [0.2, 0.25) is 0 Å². The first kappa shape index (κ1) is 11.6. The van der Waals surface area contributed by atoms with Crippen LogP contribution in [-0.2, 0) is 13.2 Å². The maximum atomic E-state index is 9.23. The molecule has 1 heterocycles. The predicted octanol–water partition coefficient (Wildman–Crippen LogP) is 2.46. The van der Waals surface area contributed by atoms with Crippen LogP contribution in [0.1, 0.15) is 16.8 Å². The van der Waals surface area contributed by atoms with Crippen LogP contribution in [0, 0.1) is 6.92 Å². The molecule has 0 saturated heterocycles. The Morgan fingerprint density at radius 2 is 1.94 bits per heavy atom. The Labute approximate surface area is 101 Å². The van der Waals surface area contributed by atoms with Gasteiger partial charge in [0.15, 0.2) is 0 Å². The molecule has 2 rings (SSSR count). The van der Waals surface area contributed by atoms with Gasteiger partial charge < -0.3 is 9.84 Å².